The molecule has 0 amide bonds. The van der Waals surface area contributed by atoms with Gasteiger partial charge in [-0.25, -0.2) is 4.98 Å². The van der Waals surface area contributed by atoms with Crippen LogP contribution in [0.5, 0.6) is 0 Å². The average molecular weight is 243 g/mol. The molecule has 2 heterocycles. The lowest BCUT2D eigenvalue weighted by Gasteiger charge is -2.03. The van der Waals surface area contributed by atoms with Crippen LogP contribution in [0.15, 0.2) is 18.5 Å². The molecule has 94 valence electrons. The van der Waals surface area contributed by atoms with Gasteiger partial charge in [0.1, 0.15) is 0 Å². The van der Waals surface area contributed by atoms with E-state index in [1.807, 2.05) is 10.6 Å². The number of nitrogens with zero attached hydrogens (tertiary/aromatic N) is 4. The van der Waals surface area contributed by atoms with Gasteiger partial charge in [0.25, 0.3) is 0 Å². The molecule has 0 fully saturated rings. The first kappa shape index (κ1) is 11.2. The van der Waals surface area contributed by atoms with E-state index in [-0.39, 0.29) is 0 Å². The molecule has 0 aromatic carbocycles. The number of aromatic nitrogens is 4. The molecule has 3 rings (SSSR count). The largest absolute Gasteiger partial charge is 0.381 e. The molecular formula is C13H17N5. The lowest BCUT2D eigenvalue weighted by atomic mass is 10.0. The summed E-state index contributed by atoms with van der Waals surface area (Å²) in [7, 11) is 0. The maximum absolute atomic E-state index is 5.80. The van der Waals surface area contributed by atoms with Crippen molar-refractivity contribution in [2.75, 3.05) is 5.73 Å². The normalized spacial score (nSPS) is 20.7. The molecule has 2 N–H and O–H groups in total. The predicted octanol–water partition coefficient (Wildman–Crippen LogP) is 2.30. The second-order valence-electron chi connectivity index (χ2n) is 4.99. The average Bonchev–Trinajstić information content (AvgIpc) is 2.68. The van der Waals surface area contributed by atoms with E-state index in [4.69, 9.17) is 5.73 Å². The third-order valence-electron chi connectivity index (χ3n) is 3.55. The molecule has 0 saturated carbocycles. The highest BCUT2D eigenvalue weighted by Crippen LogP contribution is 2.28. The Labute approximate surface area is 106 Å². The first-order chi connectivity index (χ1) is 8.75. The van der Waals surface area contributed by atoms with Crippen LogP contribution in [-0.4, -0.2) is 19.6 Å². The SMILES string of the molecule is C[C@@H]1CC=C(c2nnc3c(N)nccn23)CCC1. The van der Waals surface area contributed by atoms with Crippen LogP contribution >= 0.6 is 0 Å². The number of anilines is 1. The van der Waals surface area contributed by atoms with Crippen LogP contribution in [0.2, 0.25) is 0 Å². The molecule has 0 aliphatic heterocycles. The van der Waals surface area contributed by atoms with E-state index in [9.17, 15) is 0 Å². The molecule has 1 atom stereocenters. The number of rotatable bonds is 1. The van der Waals surface area contributed by atoms with Gasteiger partial charge in [-0.2, -0.15) is 0 Å². The first-order valence-electron chi connectivity index (χ1n) is 6.40. The number of nitrogens with two attached hydrogens (primary N) is 1. The van der Waals surface area contributed by atoms with E-state index in [2.05, 4.69) is 28.2 Å². The molecule has 0 radical (unpaired) electrons. The lowest BCUT2D eigenvalue weighted by Crippen LogP contribution is -1.98. The second kappa shape index (κ2) is 4.40. The van der Waals surface area contributed by atoms with Gasteiger partial charge in [0.15, 0.2) is 11.6 Å². The number of nitrogen functional groups attached to an aromatic ring is 1. The van der Waals surface area contributed by atoms with E-state index in [0.29, 0.717) is 11.5 Å². The topological polar surface area (TPSA) is 69.1 Å². The molecule has 0 spiro atoms. The zero-order chi connectivity index (χ0) is 12.5. The summed E-state index contributed by atoms with van der Waals surface area (Å²) in [5.74, 6) is 2.10. The van der Waals surface area contributed by atoms with Crippen LogP contribution < -0.4 is 5.73 Å². The zero-order valence-corrected chi connectivity index (χ0v) is 10.5. The van der Waals surface area contributed by atoms with Gasteiger partial charge in [0.05, 0.1) is 0 Å². The van der Waals surface area contributed by atoms with Gasteiger partial charge < -0.3 is 5.73 Å². The van der Waals surface area contributed by atoms with Crippen molar-refractivity contribution in [1.82, 2.24) is 19.6 Å². The van der Waals surface area contributed by atoms with Gasteiger partial charge in [0.2, 0.25) is 5.65 Å². The summed E-state index contributed by atoms with van der Waals surface area (Å²) in [6.45, 7) is 2.29. The first-order valence-corrected chi connectivity index (χ1v) is 6.40. The van der Waals surface area contributed by atoms with Gasteiger partial charge in [-0.15, -0.1) is 10.2 Å². The summed E-state index contributed by atoms with van der Waals surface area (Å²) >= 11 is 0. The van der Waals surface area contributed by atoms with E-state index >= 15 is 0 Å². The predicted molar refractivity (Wildman–Crippen MR) is 70.8 cm³/mol. The molecule has 18 heavy (non-hydrogen) atoms. The maximum atomic E-state index is 5.80. The molecule has 2 aromatic rings. The van der Waals surface area contributed by atoms with Crippen molar-refractivity contribution in [1.29, 1.82) is 0 Å². The summed E-state index contributed by atoms with van der Waals surface area (Å²) in [5.41, 5.74) is 7.72. The molecule has 2 aromatic heterocycles. The molecular weight excluding hydrogens is 226 g/mol. The van der Waals surface area contributed by atoms with Crippen LogP contribution in [0.4, 0.5) is 5.82 Å². The molecule has 1 aliphatic rings. The van der Waals surface area contributed by atoms with Crippen molar-refractivity contribution in [3.8, 4) is 0 Å². The highest BCUT2D eigenvalue weighted by atomic mass is 15.3. The van der Waals surface area contributed by atoms with E-state index in [0.717, 1.165) is 24.6 Å². The number of fused-ring (bicyclic) bond motifs is 1. The number of hydrogen-bond donors (Lipinski definition) is 1. The molecule has 0 bridgehead atoms. The van der Waals surface area contributed by atoms with Gasteiger partial charge in [0, 0.05) is 12.4 Å². The summed E-state index contributed by atoms with van der Waals surface area (Å²) in [4.78, 5) is 4.03. The van der Waals surface area contributed by atoms with E-state index in [1.54, 1.807) is 6.20 Å². The third-order valence-corrected chi connectivity index (χ3v) is 3.55. The Balaban J connectivity index is 2.06. The Morgan fingerprint density at radius 1 is 1.39 bits per heavy atom. The van der Waals surface area contributed by atoms with Crippen molar-refractivity contribution >= 4 is 17.0 Å². The zero-order valence-electron chi connectivity index (χ0n) is 10.5. The summed E-state index contributed by atoms with van der Waals surface area (Å²) in [6, 6.07) is 0. The van der Waals surface area contributed by atoms with Crippen molar-refractivity contribution in [2.24, 2.45) is 5.92 Å². The van der Waals surface area contributed by atoms with Crippen molar-refractivity contribution in [3.63, 3.8) is 0 Å². The van der Waals surface area contributed by atoms with Crippen LogP contribution in [0.1, 0.15) is 38.4 Å². The fraction of sp³-hybridized carbons (Fsp3) is 0.462. The van der Waals surface area contributed by atoms with Gasteiger partial charge >= 0.3 is 0 Å². The Bertz CT molecular complexity index is 598. The third kappa shape index (κ3) is 1.85. The van der Waals surface area contributed by atoms with Gasteiger partial charge in [-0.1, -0.05) is 19.4 Å². The number of hydrogen-bond acceptors (Lipinski definition) is 4. The smallest absolute Gasteiger partial charge is 0.203 e. The Morgan fingerprint density at radius 3 is 3.17 bits per heavy atom. The van der Waals surface area contributed by atoms with Crippen molar-refractivity contribution in [3.05, 3.63) is 24.3 Å². The fourth-order valence-electron chi connectivity index (χ4n) is 2.47. The van der Waals surface area contributed by atoms with Crippen LogP contribution in [0, 0.1) is 5.92 Å². The monoisotopic (exact) mass is 243 g/mol. The highest BCUT2D eigenvalue weighted by Gasteiger charge is 2.15. The van der Waals surface area contributed by atoms with Crippen molar-refractivity contribution in [2.45, 2.75) is 32.6 Å². The fourth-order valence-corrected chi connectivity index (χ4v) is 2.47. The van der Waals surface area contributed by atoms with Crippen LogP contribution in [0.3, 0.4) is 0 Å². The van der Waals surface area contributed by atoms with E-state index < -0.39 is 0 Å². The minimum absolute atomic E-state index is 0.429. The summed E-state index contributed by atoms with van der Waals surface area (Å²) in [5, 5.41) is 8.40. The van der Waals surface area contributed by atoms with Crippen LogP contribution in [-0.2, 0) is 0 Å². The quantitative estimate of drug-likeness (QED) is 0.834. The molecule has 5 nitrogen and oxygen atoms in total. The molecule has 1 aliphatic carbocycles. The summed E-state index contributed by atoms with van der Waals surface area (Å²) < 4.78 is 1.93. The minimum Gasteiger partial charge on any atom is -0.381 e. The number of allylic oxidation sites excluding steroid dienone is 2. The highest BCUT2D eigenvalue weighted by molar-refractivity contribution is 5.66. The van der Waals surface area contributed by atoms with Gasteiger partial charge in [-0.3, -0.25) is 4.40 Å². The molecule has 5 heteroatoms. The molecule has 0 saturated heterocycles. The standard InChI is InChI=1S/C13H17N5/c1-9-3-2-4-10(6-5-9)12-16-17-13-11(14)15-7-8-18(12)13/h6-9H,2-5H2,1H3,(H2,14,15)/t9-/m0/s1. The second-order valence-corrected chi connectivity index (χ2v) is 4.99. The van der Waals surface area contributed by atoms with Crippen LogP contribution in [0.25, 0.3) is 11.2 Å². The summed E-state index contributed by atoms with van der Waals surface area (Å²) in [6.07, 6.45) is 10.5. The maximum Gasteiger partial charge on any atom is 0.203 e. The van der Waals surface area contributed by atoms with E-state index in [1.165, 1.54) is 18.4 Å². The Morgan fingerprint density at radius 2 is 2.28 bits per heavy atom. The van der Waals surface area contributed by atoms with Gasteiger partial charge in [-0.05, 0) is 30.8 Å². The Hall–Kier alpha value is -1.91. The minimum atomic E-state index is 0.429. The lowest BCUT2D eigenvalue weighted by molar-refractivity contribution is 0.533. The molecule has 0 unspecified atom stereocenters. The van der Waals surface area contributed by atoms with Crippen molar-refractivity contribution < 1.29 is 0 Å². The Kier molecular flexibility index (Phi) is 2.74.